The van der Waals surface area contributed by atoms with Crippen molar-refractivity contribution in [3.63, 3.8) is 0 Å². The maximum Gasteiger partial charge on any atom is 0.261 e. The van der Waals surface area contributed by atoms with Gasteiger partial charge in [-0.1, -0.05) is 51.5 Å². The van der Waals surface area contributed by atoms with Crippen LogP contribution in [0.25, 0.3) is 0 Å². The Kier molecular flexibility index (Phi) is 5.22. The largest absolute Gasteiger partial charge is 0.496 e. The van der Waals surface area contributed by atoms with E-state index in [9.17, 15) is 4.79 Å². The summed E-state index contributed by atoms with van der Waals surface area (Å²) in [5, 5.41) is 12.2. The molecule has 0 atom stereocenters. The average molecular weight is 404 g/mol. The van der Waals surface area contributed by atoms with Gasteiger partial charge in [0, 0.05) is 10.9 Å². The van der Waals surface area contributed by atoms with Gasteiger partial charge in [0.05, 0.1) is 12.7 Å². The molecule has 0 fully saturated rings. The number of carbonyl (C=O) groups excluding carboxylic acids is 1. The molecule has 0 bridgehead atoms. The zero-order chi connectivity index (χ0) is 16.9. The molecule has 0 saturated heterocycles. The number of rotatable bonds is 5. The van der Waals surface area contributed by atoms with E-state index in [2.05, 4.69) is 31.4 Å². The van der Waals surface area contributed by atoms with Crippen LogP contribution in [0.4, 0.5) is 5.13 Å². The van der Waals surface area contributed by atoms with Crippen molar-refractivity contribution < 1.29 is 9.53 Å². The summed E-state index contributed by atoms with van der Waals surface area (Å²) >= 11 is 4.81. The van der Waals surface area contributed by atoms with Crippen LogP contribution in [-0.4, -0.2) is 23.2 Å². The Balaban J connectivity index is 1.71. The third kappa shape index (κ3) is 3.98. The Morgan fingerprint density at radius 3 is 2.83 bits per heavy atom. The van der Waals surface area contributed by atoms with E-state index in [1.807, 2.05) is 30.3 Å². The summed E-state index contributed by atoms with van der Waals surface area (Å²) in [6.45, 7) is 0. The van der Waals surface area contributed by atoms with E-state index in [4.69, 9.17) is 4.74 Å². The molecule has 1 aromatic heterocycles. The van der Waals surface area contributed by atoms with Crippen molar-refractivity contribution in [3.8, 4) is 5.75 Å². The Labute approximate surface area is 151 Å². The predicted octanol–water partition coefficient (Wildman–Crippen LogP) is 4.15. The number of nitrogens with zero attached hydrogens (tertiary/aromatic N) is 2. The van der Waals surface area contributed by atoms with Crippen molar-refractivity contribution in [2.75, 3.05) is 12.4 Å². The minimum atomic E-state index is -0.266. The molecule has 3 rings (SSSR count). The van der Waals surface area contributed by atoms with Gasteiger partial charge in [-0.15, -0.1) is 10.2 Å². The van der Waals surface area contributed by atoms with Gasteiger partial charge in [0.2, 0.25) is 5.13 Å². The number of hydrogen-bond donors (Lipinski definition) is 1. The van der Waals surface area contributed by atoms with Crippen LogP contribution in [0.15, 0.2) is 53.0 Å². The Morgan fingerprint density at radius 2 is 2.04 bits per heavy atom. The van der Waals surface area contributed by atoms with Crippen molar-refractivity contribution in [3.05, 3.63) is 69.1 Å². The first-order valence-electron chi connectivity index (χ1n) is 7.17. The lowest BCUT2D eigenvalue weighted by Gasteiger charge is -2.06. The number of anilines is 1. The molecule has 0 aliphatic heterocycles. The summed E-state index contributed by atoms with van der Waals surface area (Å²) in [5.41, 5.74) is 1.59. The van der Waals surface area contributed by atoms with Crippen molar-refractivity contribution in [2.45, 2.75) is 6.42 Å². The van der Waals surface area contributed by atoms with Crippen molar-refractivity contribution in [2.24, 2.45) is 0 Å². The SMILES string of the molecule is COc1ccccc1C(=O)Nc1nnc(Cc2cccc(Br)c2)s1. The van der Waals surface area contributed by atoms with E-state index in [1.54, 1.807) is 18.2 Å². The Hall–Kier alpha value is -2.25. The zero-order valence-electron chi connectivity index (χ0n) is 12.8. The topological polar surface area (TPSA) is 64.1 Å². The van der Waals surface area contributed by atoms with Crippen molar-refractivity contribution >= 4 is 38.3 Å². The minimum absolute atomic E-state index is 0.266. The fourth-order valence-electron chi connectivity index (χ4n) is 2.19. The van der Waals surface area contributed by atoms with E-state index in [1.165, 1.54) is 18.4 Å². The summed E-state index contributed by atoms with van der Waals surface area (Å²) in [7, 11) is 1.53. The molecule has 2 aromatic carbocycles. The number of hydrogen-bond acceptors (Lipinski definition) is 5. The lowest BCUT2D eigenvalue weighted by Crippen LogP contribution is -2.12. The molecule has 122 valence electrons. The van der Waals surface area contributed by atoms with Gasteiger partial charge in [-0.3, -0.25) is 10.1 Å². The van der Waals surface area contributed by atoms with Gasteiger partial charge in [0.25, 0.3) is 5.91 Å². The fourth-order valence-corrected chi connectivity index (χ4v) is 3.41. The van der Waals surface area contributed by atoms with Crippen molar-refractivity contribution in [1.82, 2.24) is 10.2 Å². The molecular formula is C17H14BrN3O2S. The molecule has 0 aliphatic carbocycles. The number of para-hydroxylation sites is 1. The van der Waals surface area contributed by atoms with Crippen LogP contribution in [0.3, 0.4) is 0 Å². The molecule has 0 spiro atoms. The van der Waals surface area contributed by atoms with Gasteiger partial charge >= 0.3 is 0 Å². The summed E-state index contributed by atoms with van der Waals surface area (Å²) < 4.78 is 6.22. The van der Waals surface area contributed by atoms with Crippen LogP contribution in [0.5, 0.6) is 5.75 Å². The molecule has 0 radical (unpaired) electrons. The van der Waals surface area contributed by atoms with Crippen LogP contribution >= 0.6 is 27.3 Å². The third-order valence-electron chi connectivity index (χ3n) is 3.28. The standard InChI is InChI=1S/C17H14BrN3O2S/c1-23-14-8-3-2-7-13(14)16(22)19-17-21-20-15(24-17)10-11-5-4-6-12(18)9-11/h2-9H,10H2,1H3,(H,19,21,22). The van der Waals surface area contributed by atoms with E-state index in [0.29, 0.717) is 22.9 Å². The molecule has 3 aromatic rings. The molecule has 5 nitrogen and oxygen atoms in total. The Morgan fingerprint density at radius 1 is 1.21 bits per heavy atom. The highest BCUT2D eigenvalue weighted by Crippen LogP contribution is 2.23. The smallest absolute Gasteiger partial charge is 0.261 e. The number of halogens is 1. The second kappa shape index (κ2) is 7.55. The van der Waals surface area contributed by atoms with E-state index < -0.39 is 0 Å². The van der Waals surface area contributed by atoms with Gasteiger partial charge in [0.15, 0.2) is 0 Å². The van der Waals surface area contributed by atoms with Gasteiger partial charge < -0.3 is 4.74 Å². The predicted molar refractivity (Wildman–Crippen MR) is 97.8 cm³/mol. The average Bonchev–Trinajstić information content (AvgIpc) is 3.01. The van der Waals surface area contributed by atoms with Crippen molar-refractivity contribution in [1.29, 1.82) is 0 Å². The molecule has 1 amide bonds. The zero-order valence-corrected chi connectivity index (χ0v) is 15.2. The number of benzene rings is 2. The summed E-state index contributed by atoms with van der Waals surface area (Å²) in [4.78, 5) is 12.3. The van der Waals surface area contributed by atoms with Crippen LogP contribution < -0.4 is 10.1 Å². The first kappa shape index (κ1) is 16.6. The molecule has 0 saturated carbocycles. The number of amides is 1. The molecule has 0 unspecified atom stereocenters. The molecule has 1 heterocycles. The van der Waals surface area contributed by atoms with Gasteiger partial charge in [-0.2, -0.15) is 0 Å². The first-order chi connectivity index (χ1) is 11.7. The first-order valence-corrected chi connectivity index (χ1v) is 8.78. The summed E-state index contributed by atoms with van der Waals surface area (Å²) in [6, 6.07) is 15.1. The number of carbonyl (C=O) groups is 1. The van der Waals surface area contributed by atoms with E-state index in [-0.39, 0.29) is 5.91 Å². The molecule has 24 heavy (non-hydrogen) atoms. The molecular weight excluding hydrogens is 390 g/mol. The number of nitrogens with one attached hydrogen (secondary N) is 1. The molecule has 0 aliphatic rings. The summed E-state index contributed by atoms with van der Waals surface area (Å²) in [5.74, 6) is 0.256. The minimum Gasteiger partial charge on any atom is -0.496 e. The highest BCUT2D eigenvalue weighted by atomic mass is 79.9. The van der Waals surface area contributed by atoms with Crippen LogP contribution in [-0.2, 0) is 6.42 Å². The Bertz CT molecular complexity index is 866. The number of methoxy groups -OCH3 is 1. The highest BCUT2D eigenvalue weighted by molar-refractivity contribution is 9.10. The summed E-state index contributed by atoms with van der Waals surface area (Å²) in [6.07, 6.45) is 0.668. The van der Waals surface area contributed by atoms with E-state index >= 15 is 0 Å². The third-order valence-corrected chi connectivity index (χ3v) is 4.62. The monoisotopic (exact) mass is 403 g/mol. The lowest BCUT2D eigenvalue weighted by molar-refractivity contribution is 0.102. The van der Waals surface area contributed by atoms with Crippen LogP contribution in [0.1, 0.15) is 20.9 Å². The number of aromatic nitrogens is 2. The molecule has 1 N–H and O–H groups in total. The molecule has 7 heteroatoms. The van der Waals surface area contributed by atoms with Gasteiger partial charge in [-0.05, 0) is 29.8 Å². The fraction of sp³-hybridized carbons (Fsp3) is 0.118. The van der Waals surface area contributed by atoms with Crippen LogP contribution in [0.2, 0.25) is 0 Å². The number of ether oxygens (including phenoxy) is 1. The second-order valence-corrected chi connectivity index (χ2v) is 6.94. The maximum atomic E-state index is 12.3. The van der Waals surface area contributed by atoms with E-state index in [0.717, 1.165) is 15.0 Å². The van der Waals surface area contributed by atoms with Gasteiger partial charge in [-0.25, -0.2) is 0 Å². The lowest BCUT2D eigenvalue weighted by atomic mass is 10.2. The maximum absolute atomic E-state index is 12.3. The second-order valence-electron chi connectivity index (χ2n) is 4.96. The quantitative estimate of drug-likeness (QED) is 0.694. The normalized spacial score (nSPS) is 10.4. The highest BCUT2D eigenvalue weighted by Gasteiger charge is 2.14. The van der Waals surface area contributed by atoms with Crippen LogP contribution in [0, 0.1) is 0 Å². The van der Waals surface area contributed by atoms with Gasteiger partial charge in [0.1, 0.15) is 10.8 Å².